The first-order valence-corrected chi connectivity index (χ1v) is 8.89. The number of hydrogen-bond acceptors (Lipinski definition) is 7. The molecule has 1 saturated heterocycles. The number of carbonyl (C=O) groups excluding carboxylic acids is 3. The molecule has 0 bridgehead atoms. The molecule has 0 aromatic carbocycles. The number of carbonyl (C=O) groups is 3. The van der Waals surface area contributed by atoms with E-state index in [1.807, 2.05) is 0 Å². The van der Waals surface area contributed by atoms with Crippen molar-refractivity contribution in [3.05, 3.63) is 27.7 Å². The fraction of sp³-hybridized carbons (Fsp3) is 0.556. The predicted octanol–water partition coefficient (Wildman–Crippen LogP) is 0.293. The van der Waals surface area contributed by atoms with Crippen LogP contribution in [0.3, 0.4) is 0 Å². The Balaban J connectivity index is 1.60. The molecule has 1 aromatic rings. The van der Waals surface area contributed by atoms with Gasteiger partial charge in [-0.15, -0.1) is 0 Å². The van der Waals surface area contributed by atoms with Gasteiger partial charge in [0.05, 0.1) is 19.8 Å². The number of fused-ring (bicyclic) bond motifs is 3. The topological polar surface area (TPSA) is 104 Å². The lowest BCUT2D eigenvalue weighted by molar-refractivity contribution is -0.196. The van der Waals surface area contributed by atoms with Gasteiger partial charge < -0.3 is 23.7 Å². The molecule has 2 aliphatic heterocycles. The molecule has 27 heavy (non-hydrogen) atoms. The van der Waals surface area contributed by atoms with E-state index in [1.54, 1.807) is 4.90 Å². The largest absolute Gasteiger partial charge is 0.491 e. The van der Waals surface area contributed by atoms with Crippen molar-refractivity contribution in [3.63, 3.8) is 0 Å². The quantitative estimate of drug-likeness (QED) is 0.541. The molecule has 9 nitrogen and oxygen atoms in total. The van der Waals surface area contributed by atoms with Crippen LogP contribution in [0.15, 0.2) is 11.0 Å². The lowest BCUT2D eigenvalue weighted by Gasteiger charge is -2.51. The Kier molecular flexibility index (Phi) is 3.17. The van der Waals surface area contributed by atoms with Crippen molar-refractivity contribution in [2.45, 2.75) is 51.1 Å². The van der Waals surface area contributed by atoms with Gasteiger partial charge in [0.1, 0.15) is 5.56 Å². The van der Waals surface area contributed by atoms with Crippen LogP contribution in [0.5, 0.6) is 5.75 Å². The average Bonchev–Trinajstić information content (AvgIpc) is 3.36. The summed E-state index contributed by atoms with van der Waals surface area (Å²) in [5, 5.41) is 0. The van der Waals surface area contributed by atoms with E-state index in [9.17, 15) is 19.2 Å². The molecule has 0 N–H and O–H groups in total. The molecule has 2 aliphatic carbocycles. The summed E-state index contributed by atoms with van der Waals surface area (Å²) in [5.74, 6) is -2.45. The van der Waals surface area contributed by atoms with Crippen molar-refractivity contribution in [1.29, 1.82) is 0 Å². The third-order valence-electron chi connectivity index (χ3n) is 6.25. The Morgan fingerprint density at radius 3 is 2.74 bits per heavy atom. The van der Waals surface area contributed by atoms with E-state index in [4.69, 9.17) is 9.47 Å². The van der Waals surface area contributed by atoms with Crippen LogP contribution in [0.25, 0.3) is 0 Å². The minimum atomic E-state index is -1.07. The standard InChI is InChI=1S/C18H18N2O7/c1-8(21)26-17(24)9-6-19-7-12-20(10-5-18(10)4-3-11(18)27-12)16(23)13(19)15(25-2)14(9)22/h6,10-12H,3-5,7H2,1-2H3/t10-,11-,12-,18?/m1/s1. The van der Waals surface area contributed by atoms with Gasteiger partial charge in [-0.2, -0.15) is 0 Å². The molecule has 142 valence electrons. The summed E-state index contributed by atoms with van der Waals surface area (Å²) in [5.41, 5.74) is -0.937. The highest BCUT2D eigenvalue weighted by Gasteiger charge is 2.72. The van der Waals surface area contributed by atoms with Crippen molar-refractivity contribution in [2.24, 2.45) is 5.41 Å². The zero-order valence-electron chi connectivity index (χ0n) is 14.9. The molecule has 0 radical (unpaired) electrons. The Bertz CT molecular complexity index is 967. The summed E-state index contributed by atoms with van der Waals surface area (Å²) in [6, 6.07) is 0.137. The van der Waals surface area contributed by atoms with E-state index in [0.717, 1.165) is 26.2 Å². The second kappa shape index (κ2) is 5.19. The van der Waals surface area contributed by atoms with E-state index in [0.29, 0.717) is 0 Å². The highest BCUT2D eigenvalue weighted by molar-refractivity contribution is 6.00. The second-order valence-electron chi connectivity index (χ2n) is 7.57. The maximum atomic E-state index is 13.2. The van der Waals surface area contributed by atoms with Crippen molar-refractivity contribution in [1.82, 2.24) is 9.47 Å². The van der Waals surface area contributed by atoms with E-state index in [2.05, 4.69) is 4.74 Å². The van der Waals surface area contributed by atoms with Crippen LogP contribution in [0.1, 0.15) is 47.0 Å². The van der Waals surface area contributed by atoms with Gasteiger partial charge in [-0.3, -0.25) is 14.4 Å². The molecule has 4 aliphatic rings. The van der Waals surface area contributed by atoms with Crippen LogP contribution in [-0.2, 0) is 20.8 Å². The number of esters is 2. The van der Waals surface area contributed by atoms with Crippen LogP contribution >= 0.6 is 0 Å². The average molecular weight is 374 g/mol. The zero-order valence-corrected chi connectivity index (χ0v) is 14.9. The minimum absolute atomic E-state index is 0.0904. The highest BCUT2D eigenvalue weighted by Crippen LogP contribution is 2.67. The molecular formula is C18H18N2O7. The Hall–Kier alpha value is -2.68. The predicted molar refractivity (Wildman–Crippen MR) is 88.3 cm³/mol. The second-order valence-corrected chi connectivity index (χ2v) is 7.57. The van der Waals surface area contributed by atoms with Crippen molar-refractivity contribution in [2.75, 3.05) is 7.11 Å². The van der Waals surface area contributed by atoms with Gasteiger partial charge in [0.15, 0.2) is 17.7 Å². The van der Waals surface area contributed by atoms with E-state index in [-0.39, 0.29) is 47.0 Å². The normalized spacial score (nSPS) is 32.3. The number of nitrogens with zero attached hydrogens (tertiary/aromatic N) is 2. The minimum Gasteiger partial charge on any atom is -0.491 e. The van der Waals surface area contributed by atoms with E-state index < -0.39 is 23.6 Å². The Morgan fingerprint density at radius 2 is 2.11 bits per heavy atom. The van der Waals surface area contributed by atoms with Crippen molar-refractivity contribution >= 4 is 17.8 Å². The third kappa shape index (κ3) is 2.03. The number of hydrogen-bond donors (Lipinski definition) is 0. The smallest absolute Gasteiger partial charge is 0.351 e. The van der Waals surface area contributed by atoms with Gasteiger partial charge in [0, 0.05) is 24.6 Å². The number of methoxy groups -OCH3 is 1. The van der Waals surface area contributed by atoms with Gasteiger partial charge in [0.25, 0.3) is 5.91 Å². The molecule has 4 atom stereocenters. The summed E-state index contributed by atoms with van der Waals surface area (Å²) < 4.78 is 17.3. The van der Waals surface area contributed by atoms with Gasteiger partial charge in [-0.25, -0.2) is 4.79 Å². The first kappa shape index (κ1) is 16.5. The maximum Gasteiger partial charge on any atom is 0.351 e. The Morgan fingerprint density at radius 1 is 1.33 bits per heavy atom. The van der Waals surface area contributed by atoms with E-state index >= 15 is 0 Å². The number of aromatic nitrogens is 1. The first-order valence-electron chi connectivity index (χ1n) is 8.89. The molecule has 1 amide bonds. The summed E-state index contributed by atoms with van der Waals surface area (Å²) in [7, 11) is 1.27. The molecule has 1 unspecified atom stereocenters. The Labute approximate surface area is 153 Å². The van der Waals surface area contributed by atoms with Gasteiger partial charge in [-0.1, -0.05) is 0 Å². The SMILES string of the molecule is COc1c2n(cc(C(=O)OC(C)=O)c1=O)C[C@H]1O[C@@H]3CCC34C[C@H]4N1C2=O. The van der Waals surface area contributed by atoms with Crippen LogP contribution in [-0.4, -0.2) is 52.8 Å². The molecule has 1 aromatic heterocycles. The summed E-state index contributed by atoms with van der Waals surface area (Å²) in [6.07, 6.45) is 3.94. The molecule has 5 rings (SSSR count). The molecule has 3 heterocycles. The molecule has 1 spiro atoms. The fourth-order valence-electron chi connectivity index (χ4n) is 4.80. The van der Waals surface area contributed by atoms with E-state index in [1.165, 1.54) is 17.9 Å². The third-order valence-corrected chi connectivity index (χ3v) is 6.25. The fourth-order valence-corrected chi connectivity index (χ4v) is 4.80. The zero-order chi connectivity index (χ0) is 19.1. The maximum absolute atomic E-state index is 13.2. The molecule has 3 fully saturated rings. The molecule has 2 saturated carbocycles. The summed E-state index contributed by atoms with van der Waals surface area (Å²) in [4.78, 5) is 50.8. The lowest BCUT2D eigenvalue weighted by atomic mass is 9.76. The van der Waals surface area contributed by atoms with Crippen LogP contribution in [0, 0.1) is 5.41 Å². The van der Waals surface area contributed by atoms with Gasteiger partial charge in [-0.05, 0) is 19.3 Å². The molecule has 9 heteroatoms. The number of pyridine rings is 1. The number of amides is 1. The number of ether oxygens (including phenoxy) is 3. The van der Waals surface area contributed by atoms with Gasteiger partial charge in [0.2, 0.25) is 5.43 Å². The molecular weight excluding hydrogens is 356 g/mol. The van der Waals surface area contributed by atoms with Crippen molar-refractivity contribution in [3.8, 4) is 5.75 Å². The number of rotatable bonds is 2. The van der Waals surface area contributed by atoms with Crippen LogP contribution in [0.4, 0.5) is 0 Å². The van der Waals surface area contributed by atoms with Gasteiger partial charge >= 0.3 is 11.9 Å². The highest BCUT2D eigenvalue weighted by atomic mass is 16.6. The monoisotopic (exact) mass is 374 g/mol. The summed E-state index contributed by atoms with van der Waals surface area (Å²) >= 11 is 0. The first-order chi connectivity index (χ1) is 12.9. The lowest BCUT2D eigenvalue weighted by Crippen LogP contribution is -2.61. The van der Waals surface area contributed by atoms with Crippen molar-refractivity contribution < 1.29 is 28.6 Å². The summed E-state index contributed by atoms with van der Waals surface area (Å²) in [6.45, 7) is 1.35. The van der Waals surface area contributed by atoms with Crippen LogP contribution in [0.2, 0.25) is 0 Å². The van der Waals surface area contributed by atoms with Crippen LogP contribution < -0.4 is 10.2 Å².